The summed E-state index contributed by atoms with van der Waals surface area (Å²) < 4.78 is 42.6. The number of aromatic nitrogens is 3. The average molecular weight is 348 g/mol. The van der Waals surface area contributed by atoms with Gasteiger partial charge in [0.2, 0.25) is 10.0 Å². The number of sulfonamides is 1. The predicted molar refractivity (Wildman–Crippen MR) is 88.4 cm³/mol. The van der Waals surface area contributed by atoms with Crippen LogP contribution in [0.1, 0.15) is 24.2 Å². The molecule has 0 aliphatic rings. The van der Waals surface area contributed by atoms with E-state index in [2.05, 4.69) is 14.8 Å². The minimum absolute atomic E-state index is 0.0503. The first-order valence-electron chi connectivity index (χ1n) is 7.35. The van der Waals surface area contributed by atoms with E-state index in [9.17, 15) is 12.8 Å². The third kappa shape index (κ3) is 3.02. The summed E-state index contributed by atoms with van der Waals surface area (Å²) in [5.74, 6) is -0.410. The van der Waals surface area contributed by atoms with Crippen LogP contribution in [-0.4, -0.2) is 23.2 Å². The molecule has 3 aromatic rings. The van der Waals surface area contributed by atoms with Crippen molar-refractivity contribution in [2.75, 3.05) is 0 Å². The average Bonchev–Trinajstić information content (AvgIpc) is 2.81. The molecular weight excluding hydrogens is 331 g/mol. The number of hydrogen-bond acceptors (Lipinski definition) is 4. The molecule has 0 saturated heterocycles. The van der Waals surface area contributed by atoms with E-state index in [-0.39, 0.29) is 4.90 Å². The van der Waals surface area contributed by atoms with Gasteiger partial charge in [0, 0.05) is 24.7 Å². The number of fused-ring (bicyclic) bond motifs is 1. The van der Waals surface area contributed by atoms with Crippen molar-refractivity contribution in [3.8, 4) is 0 Å². The molecule has 0 fully saturated rings. The number of aryl methyl sites for hydroxylation is 2. The monoisotopic (exact) mass is 348 g/mol. The Labute approximate surface area is 139 Å². The lowest BCUT2D eigenvalue weighted by molar-refractivity contribution is 0.564. The van der Waals surface area contributed by atoms with E-state index in [0.29, 0.717) is 22.3 Å². The molecule has 0 spiro atoms. The summed E-state index contributed by atoms with van der Waals surface area (Å²) >= 11 is 0. The lowest BCUT2D eigenvalue weighted by Gasteiger charge is -2.14. The Bertz CT molecular complexity index is 1010. The summed E-state index contributed by atoms with van der Waals surface area (Å²) in [7, 11) is -2.04. The quantitative estimate of drug-likeness (QED) is 0.786. The molecular formula is C16H17FN4O2S. The first-order valence-corrected chi connectivity index (χ1v) is 8.83. The minimum Gasteiger partial charge on any atom is -0.250 e. The molecule has 1 atom stereocenters. The molecule has 1 aromatic carbocycles. The first-order chi connectivity index (χ1) is 11.3. The lowest BCUT2D eigenvalue weighted by atomic mass is 10.1. The van der Waals surface area contributed by atoms with Crippen LogP contribution < -0.4 is 4.72 Å². The van der Waals surface area contributed by atoms with Crippen molar-refractivity contribution in [3.05, 3.63) is 53.6 Å². The van der Waals surface area contributed by atoms with Gasteiger partial charge in [-0.25, -0.2) is 22.5 Å². The van der Waals surface area contributed by atoms with E-state index < -0.39 is 21.9 Å². The minimum atomic E-state index is -3.79. The van der Waals surface area contributed by atoms with Gasteiger partial charge in [-0.05, 0) is 37.6 Å². The van der Waals surface area contributed by atoms with Gasteiger partial charge in [0.05, 0.1) is 5.69 Å². The molecule has 0 saturated carbocycles. The molecule has 126 valence electrons. The lowest BCUT2D eigenvalue weighted by Crippen LogP contribution is -2.27. The Morgan fingerprint density at radius 3 is 2.75 bits per heavy atom. The fourth-order valence-electron chi connectivity index (χ4n) is 2.58. The zero-order valence-electron chi connectivity index (χ0n) is 13.5. The van der Waals surface area contributed by atoms with Gasteiger partial charge < -0.3 is 0 Å². The fourth-order valence-corrected chi connectivity index (χ4v) is 3.78. The van der Waals surface area contributed by atoms with Crippen LogP contribution in [0.4, 0.5) is 4.39 Å². The van der Waals surface area contributed by atoms with Crippen molar-refractivity contribution in [2.45, 2.75) is 24.8 Å². The van der Waals surface area contributed by atoms with Crippen molar-refractivity contribution in [3.63, 3.8) is 0 Å². The Morgan fingerprint density at radius 2 is 2.04 bits per heavy atom. The van der Waals surface area contributed by atoms with Gasteiger partial charge in [-0.2, -0.15) is 5.10 Å². The van der Waals surface area contributed by atoms with Gasteiger partial charge in [-0.1, -0.05) is 12.1 Å². The zero-order valence-corrected chi connectivity index (χ0v) is 14.3. The summed E-state index contributed by atoms with van der Waals surface area (Å²) in [6.07, 6.45) is 1.30. The summed E-state index contributed by atoms with van der Waals surface area (Å²) in [4.78, 5) is 4.23. The fraction of sp³-hybridized carbons (Fsp3) is 0.250. The van der Waals surface area contributed by atoms with Crippen LogP contribution in [0.5, 0.6) is 0 Å². The summed E-state index contributed by atoms with van der Waals surface area (Å²) in [6, 6.07) is 6.81. The molecule has 2 aromatic heterocycles. The molecule has 0 aliphatic heterocycles. The van der Waals surface area contributed by atoms with Crippen molar-refractivity contribution in [2.24, 2.45) is 7.05 Å². The van der Waals surface area contributed by atoms with E-state index in [1.54, 1.807) is 43.8 Å². The van der Waals surface area contributed by atoms with Gasteiger partial charge in [-0.3, -0.25) is 4.68 Å². The Balaban J connectivity index is 1.94. The summed E-state index contributed by atoms with van der Waals surface area (Å²) in [5, 5.41) is 4.91. The third-order valence-corrected chi connectivity index (χ3v) is 5.34. The summed E-state index contributed by atoms with van der Waals surface area (Å²) in [5.41, 5.74) is 1.87. The van der Waals surface area contributed by atoms with E-state index in [1.807, 2.05) is 0 Å². The van der Waals surface area contributed by atoms with Crippen LogP contribution in [-0.2, 0) is 17.1 Å². The molecule has 0 aliphatic carbocycles. The van der Waals surface area contributed by atoms with Crippen molar-refractivity contribution in [1.82, 2.24) is 19.5 Å². The standard InChI is InChI=1S/C16H17FN4O2S/c1-10(12-5-4-6-13(17)7-12)20-24(22,23)14-8-15-11(2)19-21(3)16(15)18-9-14/h4-10,20H,1-3H3. The maximum atomic E-state index is 13.3. The molecule has 3 rings (SSSR count). The first kappa shape index (κ1) is 16.5. The molecule has 0 bridgehead atoms. The Kier molecular flexibility index (Phi) is 4.10. The van der Waals surface area contributed by atoms with Crippen molar-refractivity contribution >= 4 is 21.1 Å². The SMILES string of the molecule is Cc1nn(C)c2ncc(S(=O)(=O)NC(C)c3cccc(F)c3)cc12. The normalized spacial score (nSPS) is 13.3. The molecule has 8 heteroatoms. The highest BCUT2D eigenvalue weighted by atomic mass is 32.2. The van der Waals surface area contributed by atoms with Crippen LogP contribution in [0.3, 0.4) is 0 Å². The molecule has 2 heterocycles. The highest BCUT2D eigenvalue weighted by Crippen LogP contribution is 2.21. The smallest absolute Gasteiger partial charge is 0.242 e. The van der Waals surface area contributed by atoms with Crippen LogP contribution in [0.2, 0.25) is 0 Å². The van der Waals surface area contributed by atoms with E-state index in [1.165, 1.54) is 18.3 Å². The van der Waals surface area contributed by atoms with Crippen LogP contribution in [0.15, 0.2) is 41.4 Å². The molecule has 1 N–H and O–H groups in total. The molecule has 24 heavy (non-hydrogen) atoms. The number of nitrogens with one attached hydrogen (secondary N) is 1. The van der Waals surface area contributed by atoms with Crippen LogP contribution in [0, 0.1) is 12.7 Å². The molecule has 0 amide bonds. The second-order valence-electron chi connectivity index (χ2n) is 5.65. The molecule has 1 unspecified atom stereocenters. The number of halogens is 1. The Hall–Kier alpha value is -2.32. The number of rotatable bonds is 4. The van der Waals surface area contributed by atoms with Gasteiger partial charge in [0.1, 0.15) is 10.7 Å². The van der Waals surface area contributed by atoms with Gasteiger partial charge in [0.25, 0.3) is 0 Å². The number of benzene rings is 1. The number of nitrogens with zero attached hydrogens (tertiary/aromatic N) is 3. The molecule has 6 nitrogen and oxygen atoms in total. The number of pyridine rings is 1. The highest BCUT2D eigenvalue weighted by molar-refractivity contribution is 7.89. The zero-order chi connectivity index (χ0) is 17.5. The van der Waals surface area contributed by atoms with Crippen LogP contribution in [0.25, 0.3) is 11.0 Å². The number of hydrogen-bond donors (Lipinski definition) is 1. The molecule has 0 radical (unpaired) electrons. The van der Waals surface area contributed by atoms with E-state index in [4.69, 9.17) is 0 Å². The van der Waals surface area contributed by atoms with Crippen LogP contribution >= 0.6 is 0 Å². The van der Waals surface area contributed by atoms with Crippen molar-refractivity contribution < 1.29 is 12.8 Å². The second-order valence-corrected chi connectivity index (χ2v) is 7.36. The van der Waals surface area contributed by atoms with E-state index in [0.717, 1.165) is 0 Å². The maximum Gasteiger partial charge on any atom is 0.242 e. The maximum absolute atomic E-state index is 13.3. The second kappa shape index (κ2) is 5.95. The predicted octanol–water partition coefficient (Wildman–Crippen LogP) is 2.46. The summed E-state index contributed by atoms with van der Waals surface area (Å²) in [6.45, 7) is 3.46. The van der Waals surface area contributed by atoms with Gasteiger partial charge in [-0.15, -0.1) is 0 Å². The highest BCUT2D eigenvalue weighted by Gasteiger charge is 2.20. The third-order valence-electron chi connectivity index (χ3n) is 3.83. The Morgan fingerprint density at radius 1 is 1.29 bits per heavy atom. The van der Waals surface area contributed by atoms with Gasteiger partial charge in [0.15, 0.2) is 5.65 Å². The largest absolute Gasteiger partial charge is 0.250 e. The van der Waals surface area contributed by atoms with Crippen molar-refractivity contribution in [1.29, 1.82) is 0 Å². The van der Waals surface area contributed by atoms with E-state index >= 15 is 0 Å². The topological polar surface area (TPSA) is 76.9 Å². The van der Waals surface area contributed by atoms with Gasteiger partial charge >= 0.3 is 0 Å².